The number of thiophene rings is 1. The van der Waals surface area contributed by atoms with Crippen molar-refractivity contribution in [1.29, 1.82) is 0 Å². The molecule has 3 aromatic rings. The summed E-state index contributed by atoms with van der Waals surface area (Å²) in [5, 5.41) is 4.56. The lowest BCUT2D eigenvalue weighted by atomic mass is 10.2. The normalized spacial score (nSPS) is 10.9. The van der Waals surface area contributed by atoms with Crippen molar-refractivity contribution in [3.8, 4) is 5.75 Å². The highest BCUT2D eigenvalue weighted by molar-refractivity contribution is 7.89. The summed E-state index contributed by atoms with van der Waals surface area (Å²) in [6.45, 7) is 3.54. The van der Waals surface area contributed by atoms with Gasteiger partial charge in [-0.3, -0.25) is 4.79 Å². The van der Waals surface area contributed by atoms with E-state index in [-0.39, 0.29) is 28.7 Å². The van der Waals surface area contributed by atoms with Crippen LogP contribution in [-0.2, 0) is 10.0 Å². The molecule has 30 heavy (non-hydrogen) atoms. The SMILES string of the molecule is C=CCNS(=O)(=O)c1cccc(C(=O)Oc2ccc(NC(=O)c3cccs3)cc2)c1. The summed E-state index contributed by atoms with van der Waals surface area (Å²) in [7, 11) is -3.76. The van der Waals surface area contributed by atoms with Crippen molar-refractivity contribution in [3.05, 3.63) is 89.1 Å². The zero-order chi connectivity index (χ0) is 21.6. The molecule has 0 spiro atoms. The van der Waals surface area contributed by atoms with Gasteiger partial charge in [0, 0.05) is 12.2 Å². The van der Waals surface area contributed by atoms with Crippen LogP contribution in [0.1, 0.15) is 20.0 Å². The van der Waals surface area contributed by atoms with Crippen LogP contribution in [0.25, 0.3) is 0 Å². The molecular weight excluding hydrogens is 424 g/mol. The van der Waals surface area contributed by atoms with Gasteiger partial charge in [0.2, 0.25) is 10.0 Å². The van der Waals surface area contributed by atoms with E-state index >= 15 is 0 Å². The third-order valence-corrected chi connectivity index (χ3v) is 6.16. The van der Waals surface area contributed by atoms with Crippen LogP contribution < -0.4 is 14.8 Å². The predicted molar refractivity (Wildman–Crippen MR) is 116 cm³/mol. The molecule has 0 saturated heterocycles. The van der Waals surface area contributed by atoms with E-state index in [2.05, 4.69) is 16.6 Å². The maximum absolute atomic E-state index is 12.4. The van der Waals surface area contributed by atoms with Gasteiger partial charge in [0.05, 0.1) is 15.3 Å². The monoisotopic (exact) mass is 442 g/mol. The van der Waals surface area contributed by atoms with E-state index in [1.807, 2.05) is 5.38 Å². The first-order chi connectivity index (χ1) is 14.4. The van der Waals surface area contributed by atoms with Crippen LogP contribution in [0.4, 0.5) is 5.69 Å². The lowest BCUT2D eigenvalue weighted by Crippen LogP contribution is -2.24. The van der Waals surface area contributed by atoms with E-state index < -0.39 is 16.0 Å². The Kier molecular flexibility index (Phi) is 6.78. The standard InChI is InChI=1S/C21H18N2O5S2/c1-2-12-22-30(26,27)18-6-3-5-15(14-18)21(25)28-17-10-8-16(9-11-17)23-20(24)19-7-4-13-29-19/h2-11,13-14,22H,1,12H2,(H,23,24). The fourth-order valence-electron chi connectivity index (χ4n) is 2.41. The van der Waals surface area contributed by atoms with Gasteiger partial charge in [0.15, 0.2) is 0 Å². The third-order valence-electron chi connectivity index (χ3n) is 3.87. The van der Waals surface area contributed by atoms with Crippen LogP contribution >= 0.6 is 11.3 Å². The number of nitrogens with one attached hydrogen (secondary N) is 2. The largest absolute Gasteiger partial charge is 0.423 e. The minimum atomic E-state index is -3.76. The van der Waals surface area contributed by atoms with E-state index in [1.165, 1.54) is 53.8 Å². The van der Waals surface area contributed by atoms with Gasteiger partial charge in [-0.2, -0.15) is 0 Å². The molecular formula is C21H18N2O5S2. The summed E-state index contributed by atoms with van der Waals surface area (Å²) in [4.78, 5) is 25.0. The van der Waals surface area contributed by atoms with Crippen molar-refractivity contribution in [2.24, 2.45) is 0 Å². The highest BCUT2D eigenvalue weighted by Crippen LogP contribution is 2.20. The molecule has 7 nitrogen and oxygen atoms in total. The van der Waals surface area contributed by atoms with Crippen LogP contribution in [0.2, 0.25) is 0 Å². The lowest BCUT2D eigenvalue weighted by Gasteiger charge is -2.08. The molecule has 2 aromatic carbocycles. The summed E-state index contributed by atoms with van der Waals surface area (Å²) in [5.41, 5.74) is 0.640. The number of hydrogen-bond acceptors (Lipinski definition) is 6. The number of amides is 1. The van der Waals surface area contributed by atoms with Gasteiger partial charge in [-0.05, 0) is 53.9 Å². The molecule has 0 saturated carbocycles. The van der Waals surface area contributed by atoms with Gasteiger partial charge < -0.3 is 10.1 Å². The quantitative estimate of drug-likeness (QED) is 0.315. The maximum atomic E-state index is 12.4. The number of hydrogen-bond donors (Lipinski definition) is 2. The van der Waals surface area contributed by atoms with E-state index in [4.69, 9.17) is 4.74 Å². The first-order valence-corrected chi connectivity index (χ1v) is 11.1. The second-order valence-electron chi connectivity index (χ2n) is 6.01. The van der Waals surface area contributed by atoms with Crippen molar-refractivity contribution in [2.75, 3.05) is 11.9 Å². The summed E-state index contributed by atoms with van der Waals surface area (Å²) < 4.78 is 32.0. The molecule has 0 radical (unpaired) electrons. The highest BCUT2D eigenvalue weighted by atomic mass is 32.2. The Labute approximate surface area is 178 Å². The van der Waals surface area contributed by atoms with Gasteiger partial charge in [-0.1, -0.05) is 18.2 Å². The topological polar surface area (TPSA) is 102 Å². The number of benzene rings is 2. The van der Waals surface area contributed by atoms with Crippen molar-refractivity contribution in [2.45, 2.75) is 4.90 Å². The number of anilines is 1. The molecule has 1 amide bonds. The number of sulfonamides is 1. The van der Waals surface area contributed by atoms with Gasteiger partial charge in [0.25, 0.3) is 5.91 Å². The average molecular weight is 443 g/mol. The van der Waals surface area contributed by atoms with Crippen LogP contribution in [-0.4, -0.2) is 26.8 Å². The molecule has 1 aromatic heterocycles. The number of ether oxygens (including phenoxy) is 1. The maximum Gasteiger partial charge on any atom is 0.343 e. The Morgan fingerprint density at radius 2 is 1.83 bits per heavy atom. The van der Waals surface area contributed by atoms with E-state index in [0.717, 1.165) is 0 Å². The fraction of sp³-hybridized carbons (Fsp3) is 0.0476. The molecule has 3 rings (SSSR count). The second-order valence-corrected chi connectivity index (χ2v) is 8.73. The first-order valence-electron chi connectivity index (χ1n) is 8.77. The van der Waals surface area contributed by atoms with Crippen LogP contribution in [0.5, 0.6) is 5.75 Å². The lowest BCUT2D eigenvalue weighted by molar-refractivity contribution is 0.0734. The zero-order valence-electron chi connectivity index (χ0n) is 15.7. The van der Waals surface area contributed by atoms with Crippen molar-refractivity contribution in [3.63, 3.8) is 0 Å². The van der Waals surface area contributed by atoms with Crippen molar-refractivity contribution < 1.29 is 22.7 Å². The van der Waals surface area contributed by atoms with Gasteiger partial charge >= 0.3 is 5.97 Å². The minimum absolute atomic E-state index is 0.0505. The first kappa shape index (κ1) is 21.4. The Bertz CT molecular complexity index is 1150. The Morgan fingerprint density at radius 1 is 1.07 bits per heavy atom. The molecule has 0 aliphatic carbocycles. The zero-order valence-corrected chi connectivity index (χ0v) is 17.3. The average Bonchev–Trinajstić information content (AvgIpc) is 3.29. The molecule has 0 unspecified atom stereocenters. The number of rotatable bonds is 8. The summed E-state index contributed by atoms with van der Waals surface area (Å²) >= 11 is 1.33. The molecule has 0 bridgehead atoms. The number of esters is 1. The summed E-state index contributed by atoms with van der Waals surface area (Å²) in [6.07, 6.45) is 1.42. The molecule has 0 aliphatic heterocycles. The molecule has 0 atom stereocenters. The Balaban J connectivity index is 1.67. The summed E-state index contributed by atoms with van der Waals surface area (Å²) in [5.74, 6) is -0.670. The van der Waals surface area contributed by atoms with Crippen molar-refractivity contribution in [1.82, 2.24) is 4.72 Å². The van der Waals surface area contributed by atoms with Crippen LogP contribution in [0.3, 0.4) is 0 Å². The number of carbonyl (C=O) groups is 2. The van der Waals surface area contributed by atoms with E-state index in [0.29, 0.717) is 10.6 Å². The Hall–Kier alpha value is -3.27. The minimum Gasteiger partial charge on any atom is -0.423 e. The molecule has 154 valence electrons. The van der Waals surface area contributed by atoms with Gasteiger partial charge in [-0.15, -0.1) is 17.9 Å². The third kappa shape index (κ3) is 5.41. The van der Waals surface area contributed by atoms with Crippen molar-refractivity contribution >= 4 is 38.9 Å². The predicted octanol–water partition coefficient (Wildman–Crippen LogP) is 3.68. The molecule has 2 N–H and O–H groups in total. The van der Waals surface area contributed by atoms with E-state index in [1.54, 1.807) is 24.3 Å². The fourth-order valence-corrected chi connectivity index (χ4v) is 4.08. The smallest absolute Gasteiger partial charge is 0.343 e. The van der Waals surface area contributed by atoms with Crippen LogP contribution in [0.15, 0.2) is 83.6 Å². The molecule has 0 aliphatic rings. The van der Waals surface area contributed by atoms with E-state index in [9.17, 15) is 18.0 Å². The van der Waals surface area contributed by atoms with Crippen LogP contribution in [0, 0.1) is 0 Å². The Morgan fingerprint density at radius 3 is 2.50 bits per heavy atom. The highest BCUT2D eigenvalue weighted by Gasteiger charge is 2.16. The van der Waals surface area contributed by atoms with Gasteiger partial charge in [0.1, 0.15) is 5.75 Å². The molecule has 1 heterocycles. The number of carbonyl (C=O) groups excluding carboxylic acids is 2. The molecule has 0 fully saturated rings. The molecule has 9 heteroatoms. The summed E-state index contributed by atoms with van der Waals surface area (Å²) in [6, 6.07) is 15.3. The second kappa shape index (κ2) is 9.49. The van der Waals surface area contributed by atoms with Gasteiger partial charge in [-0.25, -0.2) is 17.9 Å².